The van der Waals surface area contributed by atoms with E-state index in [2.05, 4.69) is 50.5 Å². The number of nitrogens with one attached hydrogen (secondary N) is 1. The minimum absolute atomic E-state index is 0.0599. The molecule has 0 aromatic carbocycles. The summed E-state index contributed by atoms with van der Waals surface area (Å²) in [4.78, 5) is 4.44. The van der Waals surface area contributed by atoms with E-state index in [0.29, 0.717) is 0 Å². The summed E-state index contributed by atoms with van der Waals surface area (Å²) in [5.74, 6) is 0. The van der Waals surface area contributed by atoms with E-state index < -0.39 is 19.7 Å². The number of aromatic nitrogens is 1. The van der Waals surface area contributed by atoms with Gasteiger partial charge in [0.05, 0.1) is 6.04 Å². The van der Waals surface area contributed by atoms with Crippen LogP contribution < -0.4 is 4.72 Å². The molecule has 0 saturated carbocycles. The van der Waals surface area contributed by atoms with E-state index in [4.69, 9.17) is 4.43 Å². The fourth-order valence-electron chi connectivity index (χ4n) is 2.40. The Bertz CT molecular complexity index is 541. The Balaban J connectivity index is 2.84. The van der Waals surface area contributed by atoms with E-state index in [1.165, 1.54) is 0 Å². The first-order chi connectivity index (χ1) is 11.7. The zero-order chi connectivity index (χ0) is 20.2. The van der Waals surface area contributed by atoms with Crippen molar-refractivity contribution in [3.8, 4) is 0 Å². The van der Waals surface area contributed by atoms with Gasteiger partial charge in [-0.15, -0.1) is 4.72 Å². The van der Waals surface area contributed by atoms with Gasteiger partial charge in [-0.3, -0.25) is 4.98 Å². The monoisotopic (exact) mass is 398 g/mol. The Morgan fingerprint density at radius 1 is 1.19 bits per heavy atom. The molecule has 1 aromatic rings. The van der Waals surface area contributed by atoms with E-state index in [0.717, 1.165) is 18.5 Å². The highest BCUT2D eigenvalue weighted by atomic mass is 32.2. The maximum Gasteiger partial charge on any atom is 0.192 e. The predicted octanol–water partition coefficient (Wildman–Crippen LogP) is 4.84. The maximum atomic E-state index is 12.6. The molecule has 0 aliphatic heterocycles. The summed E-state index contributed by atoms with van der Waals surface area (Å²) < 4.78 is 22.2. The quantitative estimate of drug-likeness (QED) is 0.502. The van der Waals surface area contributed by atoms with E-state index in [1.807, 2.05) is 45.2 Å². The molecule has 0 radical (unpaired) electrons. The topological polar surface area (TPSA) is 57.2 Å². The molecule has 0 aliphatic carbocycles. The highest BCUT2D eigenvalue weighted by molar-refractivity contribution is 7.90. The first-order valence-corrected chi connectivity index (χ1v) is 13.5. The van der Waals surface area contributed by atoms with Gasteiger partial charge in [-0.2, -0.15) is 0 Å². The van der Waals surface area contributed by atoms with E-state index in [1.54, 1.807) is 0 Å². The molecule has 26 heavy (non-hydrogen) atoms. The second-order valence-corrected chi connectivity index (χ2v) is 16.4. The first kappa shape index (κ1) is 23.6. The van der Waals surface area contributed by atoms with Crippen LogP contribution in [0.5, 0.6) is 0 Å². The van der Waals surface area contributed by atoms with Gasteiger partial charge in [0.1, 0.15) is 4.75 Å². The summed E-state index contributed by atoms with van der Waals surface area (Å²) in [6, 6.07) is 6.00. The van der Waals surface area contributed by atoms with Crippen molar-refractivity contribution < 1.29 is 8.98 Å². The largest absolute Gasteiger partial charge is 0.598 e. The minimum atomic E-state index is -1.82. The van der Waals surface area contributed by atoms with Crippen LogP contribution in [-0.2, 0) is 22.2 Å². The van der Waals surface area contributed by atoms with Crippen molar-refractivity contribution in [2.75, 3.05) is 0 Å². The Kier molecular flexibility index (Phi) is 8.36. The van der Waals surface area contributed by atoms with Gasteiger partial charge in [-0.25, -0.2) is 0 Å². The molecule has 3 atom stereocenters. The molecule has 6 heteroatoms. The van der Waals surface area contributed by atoms with Crippen LogP contribution in [0.3, 0.4) is 0 Å². The summed E-state index contributed by atoms with van der Waals surface area (Å²) in [5, 5.41) is 0.180. The first-order valence-electron chi connectivity index (χ1n) is 9.48. The van der Waals surface area contributed by atoms with Crippen LogP contribution in [0.1, 0.15) is 60.6 Å². The summed E-state index contributed by atoms with van der Waals surface area (Å²) in [5.41, 5.74) is 1.01. The molecule has 1 rings (SSSR count). The van der Waals surface area contributed by atoms with Gasteiger partial charge in [-0.1, -0.05) is 26.8 Å². The van der Waals surface area contributed by atoms with E-state index in [-0.39, 0.29) is 21.9 Å². The lowest BCUT2D eigenvalue weighted by Gasteiger charge is -2.39. The molecule has 1 aromatic heterocycles. The molecule has 0 spiro atoms. The van der Waals surface area contributed by atoms with Gasteiger partial charge in [0.15, 0.2) is 8.32 Å². The van der Waals surface area contributed by atoms with Crippen LogP contribution >= 0.6 is 0 Å². The molecular formula is C20H38N2O2SSi. The van der Waals surface area contributed by atoms with Crippen LogP contribution in [0.2, 0.25) is 18.1 Å². The fraction of sp³-hybridized carbons (Fsp3) is 0.750. The third-order valence-electron chi connectivity index (χ3n) is 4.93. The van der Waals surface area contributed by atoms with Crippen LogP contribution in [0.15, 0.2) is 24.4 Å². The maximum absolute atomic E-state index is 12.6. The Morgan fingerprint density at radius 2 is 1.81 bits per heavy atom. The molecule has 1 heterocycles. The number of pyridine rings is 1. The SMILES string of the molecule is C[C@@H](C[C@@H](Cc1ccccn1)N[S+]([O-])C(C)(C)C)O[Si](C)(C)C(C)(C)C. The van der Waals surface area contributed by atoms with Crippen molar-refractivity contribution >= 4 is 19.7 Å². The third kappa shape index (κ3) is 7.68. The lowest BCUT2D eigenvalue weighted by atomic mass is 10.1. The number of nitrogens with zero attached hydrogens (tertiary/aromatic N) is 1. The number of rotatable bonds is 8. The normalized spacial score (nSPS) is 17.0. The van der Waals surface area contributed by atoms with Crippen molar-refractivity contribution in [1.82, 2.24) is 9.71 Å². The molecule has 1 N–H and O–H groups in total. The van der Waals surface area contributed by atoms with E-state index >= 15 is 0 Å². The second-order valence-electron chi connectivity index (χ2n) is 9.65. The minimum Gasteiger partial charge on any atom is -0.598 e. The van der Waals surface area contributed by atoms with Crippen molar-refractivity contribution in [3.63, 3.8) is 0 Å². The van der Waals surface area contributed by atoms with Gasteiger partial charge in [0.2, 0.25) is 0 Å². The highest BCUT2D eigenvalue weighted by Crippen LogP contribution is 2.37. The van der Waals surface area contributed by atoms with Crippen molar-refractivity contribution in [1.29, 1.82) is 0 Å². The van der Waals surface area contributed by atoms with Crippen molar-refractivity contribution in [3.05, 3.63) is 30.1 Å². The molecule has 0 bridgehead atoms. The Labute approximate surface area is 165 Å². The van der Waals surface area contributed by atoms with Gasteiger partial charge >= 0.3 is 0 Å². The predicted molar refractivity (Wildman–Crippen MR) is 115 cm³/mol. The second kappa shape index (κ2) is 9.19. The summed E-state index contributed by atoms with van der Waals surface area (Å²) in [6.45, 7) is 19.4. The van der Waals surface area contributed by atoms with Gasteiger partial charge in [0, 0.05) is 35.8 Å². The number of hydrogen-bond donors (Lipinski definition) is 1. The lowest BCUT2D eigenvalue weighted by molar-refractivity contribution is 0.177. The smallest absolute Gasteiger partial charge is 0.192 e. The average Bonchev–Trinajstić information content (AvgIpc) is 2.45. The Morgan fingerprint density at radius 3 is 2.27 bits per heavy atom. The summed E-state index contributed by atoms with van der Waals surface area (Å²) >= 11 is -1.12. The highest BCUT2D eigenvalue weighted by Gasteiger charge is 2.39. The molecule has 0 fully saturated rings. The molecule has 150 valence electrons. The van der Waals surface area contributed by atoms with Crippen molar-refractivity contribution in [2.24, 2.45) is 0 Å². The Hall–Kier alpha value is -0.403. The third-order valence-corrected chi connectivity index (χ3v) is 11.2. The molecule has 0 saturated heterocycles. The summed E-state index contributed by atoms with van der Waals surface area (Å²) in [6.07, 6.45) is 3.47. The van der Waals surface area contributed by atoms with Gasteiger partial charge in [0.25, 0.3) is 0 Å². The molecular weight excluding hydrogens is 360 g/mol. The molecule has 0 aliphatic rings. The summed E-state index contributed by atoms with van der Waals surface area (Å²) in [7, 11) is -1.82. The van der Waals surface area contributed by atoms with Crippen LogP contribution in [0, 0.1) is 0 Å². The fourth-order valence-corrected chi connectivity index (χ4v) is 4.69. The van der Waals surface area contributed by atoms with Crippen LogP contribution in [-0.4, -0.2) is 34.7 Å². The zero-order valence-electron chi connectivity index (χ0n) is 18.1. The molecule has 4 nitrogen and oxygen atoms in total. The standard InChI is InChI=1S/C20H38N2O2SSi/c1-16(24-26(8,9)20(5,6)7)14-18(22-25(23)19(2,3)4)15-17-12-10-11-13-21-17/h10-13,16,18,22H,14-15H2,1-9H3/t16-,18-,25?/m0/s1. The van der Waals surface area contributed by atoms with Crippen molar-refractivity contribution in [2.45, 2.75) is 96.3 Å². The van der Waals surface area contributed by atoms with Crippen LogP contribution in [0.25, 0.3) is 0 Å². The molecule has 0 amide bonds. The van der Waals surface area contributed by atoms with Gasteiger partial charge in [-0.05, 0) is 64.4 Å². The number of hydrogen-bond acceptors (Lipinski definition) is 4. The molecule has 1 unspecified atom stereocenters. The van der Waals surface area contributed by atoms with Gasteiger partial charge < -0.3 is 8.98 Å². The van der Waals surface area contributed by atoms with E-state index in [9.17, 15) is 4.55 Å². The lowest BCUT2D eigenvalue weighted by Crippen LogP contribution is -2.48. The average molecular weight is 399 g/mol. The van der Waals surface area contributed by atoms with Crippen LogP contribution in [0.4, 0.5) is 0 Å². The zero-order valence-corrected chi connectivity index (χ0v) is 19.9.